The van der Waals surface area contributed by atoms with Gasteiger partial charge in [0.2, 0.25) is 0 Å². The largest absolute Gasteiger partial charge is 0.463 e. The summed E-state index contributed by atoms with van der Waals surface area (Å²) >= 11 is 0. The molecule has 104 valence electrons. The van der Waals surface area contributed by atoms with Crippen LogP contribution < -0.4 is 0 Å². The van der Waals surface area contributed by atoms with Crippen LogP contribution in [-0.4, -0.2) is 12.1 Å². The highest BCUT2D eigenvalue weighted by Gasteiger charge is 2.08. The van der Waals surface area contributed by atoms with Gasteiger partial charge in [-0.2, -0.15) is 0 Å². The van der Waals surface area contributed by atoms with Crippen LogP contribution in [0.4, 0.5) is 0 Å². The Bertz CT molecular complexity index is 245. The van der Waals surface area contributed by atoms with Crippen LogP contribution in [0.1, 0.15) is 77.6 Å². The van der Waals surface area contributed by atoms with Gasteiger partial charge in [-0.3, -0.25) is 4.79 Å². The van der Waals surface area contributed by atoms with Crippen molar-refractivity contribution in [2.75, 3.05) is 0 Å². The van der Waals surface area contributed by atoms with E-state index in [-0.39, 0.29) is 12.1 Å². The molecule has 1 unspecified atom stereocenters. The van der Waals surface area contributed by atoms with Gasteiger partial charge in [0.15, 0.2) is 0 Å². The lowest BCUT2D eigenvalue weighted by atomic mass is 10.1. The van der Waals surface area contributed by atoms with E-state index in [0.29, 0.717) is 6.42 Å². The van der Waals surface area contributed by atoms with Gasteiger partial charge in [-0.15, -0.1) is 0 Å². The first kappa shape index (κ1) is 15.3. The lowest BCUT2D eigenvalue weighted by Gasteiger charge is -2.13. The highest BCUT2D eigenvalue weighted by atomic mass is 16.5. The van der Waals surface area contributed by atoms with Crippen LogP contribution in [0.3, 0.4) is 0 Å². The zero-order valence-electron chi connectivity index (χ0n) is 11.8. The fourth-order valence-electron chi connectivity index (χ4n) is 2.33. The summed E-state index contributed by atoms with van der Waals surface area (Å²) in [7, 11) is 0. The highest BCUT2D eigenvalue weighted by molar-refractivity contribution is 5.69. The Balaban J connectivity index is 2.28. The van der Waals surface area contributed by atoms with Crippen LogP contribution in [0.25, 0.3) is 0 Å². The number of esters is 1. The molecule has 1 heterocycles. The van der Waals surface area contributed by atoms with Crippen LogP contribution in [-0.2, 0) is 9.53 Å². The van der Waals surface area contributed by atoms with E-state index in [1.54, 1.807) is 0 Å². The molecule has 0 saturated carbocycles. The monoisotopic (exact) mass is 252 g/mol. The predicted octanol–water partition coefficient (Wildman–Crippen LogP) is 4.78. The number of allylic oxidation sites excluding steroid dienone is 2. The summed E-state index contributed by atoms with van der Waals surface area (Å²) in [6, 6.07) is 0. The summed E-state index contributed by atoms with van der Waals surface area (Å²) < 4.78 is 5.39. The molecule has 2 nitrogen and oxygen atoms in total. The zero-order valence-corrected chi connectivity index (χ0v) is 11.8. The minimum Gasteiger partial charge on any atom is -0.463 e. The Hall–Kier alpha value is -0.790. The lowest BCUT2D eigenvalue weighted by Crippen LogP contribution is -2.14. The van der Waals surface area contributed by atoms with Crippen molar-refractivity contribution in [3.63, 3.8) is 0 Å². The molecule has 0 N–H and O–H groups in total. The van der Waals surface area contributed by atoms with Gasteiger partial charge in [0.05, 0.1) is 6.10 Å². The van der Waals surface area contributed by atoms with Crippen molar-refractivity contribution in [1.29, 1.82) is 0 Å². The van der Waals surface area contributed by atoms with Crippen LogP contribution in [0.5, 0.6) is 0 Å². The molecule has 0 saturated heterocycles. The van der Waals surface area contributed by atoms with Crippen molar-refractivity contribution in [2.24, 2.45) is 0 Å². The molecule has 18 heavy (non-hydrogen) atoms. The predicted molar refractivity (Wildman–Crippen MR) is 75.5 cm³/mol. The molecule has 1 atom stereocenters. The molecule has 0 aromatic heterocycles. The zero-order chi connectivity index (χ0) is 13.1. The minimum absolute atomic E-state index is 0.0152. The maximum Gasteiger partial charge on any atom is 0.306 e. The Morgan fingerprint density at radius 2 is 1.56 bits per heavy atom. The fourth-order valence-corrected chi connectivity index (χ4v) is 2.33. The SMILES string of the molecule is CC1CCCCCCC/C=C\CCCCC(=O)O1. The average molecular weight is 252 g/mol. The molecule has 0 aromatic rings. The smallest absolute Gasteiger partial charge is 0.306 e. The summed E-state index contributed by atoms with van der Waals surface area (Å²) in [4.78, 5) is 11.5. The molecule has 0 aliphatic carbocycles. The number of rotatable bonds is 0. The summed E-state index contributed by atoms with van der Waals surface area (Å²) in [5.41, 5.74) is 0. The van der Waals surface area contributed by atoms with E-state index in [1.807, 2.05) is 6.92 Å². The summed E-state index contributed by atoms with van der Waals surface area (Å²) in [6.07, 6.45) is 17.1. The molecule has 0 radical (unpaired) electrons. The second-order valence-electron chi connectivity index (χ2n) is 5.36. The summed E-state index contributed by atoms with van der Waals surface area (Å²) in [5.74, 6) is -0.0152. The summed E-state index contributed by atoms with van der Waals surface area (Å²) in [6.45, 7) is 2.02. The molecule has 0 bridgehead atoms. The number of hydrogen-bond acceptors (Lipinski definition) is 2. The third-order valence-electron chi connectivity index (χ3n) is 3.48. The first-order valence-electron chi connectivity index (χ1n) is 7.63. The van der Waals surface area contributed by atoms with Crippen LogP contribution in [0.15, 0.2) is 12.2 Å². The van der Waals surface area contributed by atoms with Crippen molar-refractivity contribution >= 4 is 5.97 Å². The molecule has 0 amide bonds. The topological polar surface area (TPSA) is 26.3 Å². The highest BCUT2D eigenvalue weighted by Crippen LogP contribution is 2.12. The van der Waals surface area contributed by atoms with E-state index in [0.717, 1.165) is 25.7 Å². The first-order valence-corrected chi connectivity index (χ1v) is 7.63. The third-order valence-corrected chi connectivity index (χ3v) is 3.48. The Kier molecular flexibility index (Phi) is 8.62. The van der Waals surface area contributed by atoms with E-state index in [1.165, 1.54) is 38.5 Å². The van der Waals surface area contributed by atoms with Gasteiger partial charge >= 0.3 is 5.97 Å². The molecular formula is C16H28O2. The van der Waals surface area contributed by atoms with Crippen molar-refractivity contribution in [1.82, 2.24) is 0 Å². The first-order chi connectivity index (χ1) is 8.79. The van der Waals surface area contributed by atoms with Gasteiger partial charge in [0, 0.05) is 6.42 Å². The number of ether oxygens (including phenoxy) is 1. The van der Waals surface area contributed by atoms with Crippen molar-refractivity contribution in [3.05, 3.63) is 12.2 Å². The number of cyclic esters (lactones) is 1. The number of carbonyl (C=O) groups is 1. The second-order valence-corrected chi connectivity index (χ2v) is 5.36. The third kappa shape index (κ3) is 8.32. The van der Waals surface area contributed by atoms with Crippen LogP contribution >= 0.6 is 0 Å². The van der Waals surface area contributed by atoms with E-state index in [2.05, 4.69) is 12.2 Å². The Labute approximate surface area is 112 Å². The Morgan fingerprint density at radius 1 is 0.944 bits per heavy atom. The maximum absolute atomic E-state index is 11.5. The normalized spacial score (nSPS) is 27.4. The standard InChI is InChI=1S/C16H28O2/c1-15-13-11-9-7-5-3-2-4-6-8-10-12-14-16(17)18-15/h4,6,15H,2-3,5,7-14H2,1H3/b6-4-. The Morgan fingerprint density at radius 3 is 2.33 bits per heavy atom. The van der Waals surface area contributed by atoms with Gasteiger partial charge in [-0.25, -0.2) is 0 Å². The van der Waals surface area contributed by atoms with Crippen LogP contribution in [0, 0.1) is 0 Å². The lowest BCUT2D eigenvalue weighted by molar-refractivity contribution is -0.148. The van der Waals surface area contributed by atoms with Crippen molar-refractivity contribution in [3.8, 4) is 0 Å². The minimum atomic E-state index is -0.0152. The van der Waals surface area contributed by atoms with Crippen molar-refractivity contribution < 1.29 is 9.53 Å². The molecule has 1 aliphatic heterocycles. The van der Waals surface area contributed by atoms with E-state index < -0.39 is 0 Å². The van der Waals surface area contributed by atoms with E-state index in [4.69, 9.17) is 4.74 Å². The molecule has 1 rings (SSSR count). The molecule has 0 aromatic carbocycles. The second kappa shape index (κ2) is 10.2. The van der Waals surface area contributed by atoms with Gasteiger partial charge in [-0.05, 0) is 51.9 Å². The molecule has 2 heteroatoms. The van der Waals surface area contributed by atoms with Crippen molar-refractivity contribution in [2.45, 2.75) is 83.7 Å². The summed E-state index contributed by atoms with van der Waals surface area (Å²) in [5, 5.41) is 0. The molecule has 0 fully saturated rings. The van der Waals surface area contributed by atoms with E-state index >= 15 is 0 Å². The number of carbonyl (C=O) groups excluding carboxylic acids is 1. The van der Waals surface area contributed by atoms with Gasteiger partial charge in [0.1, 0.15) is 0 Å². The molecule has 1 aliphatic rings. The molecule has 0 spiro atoms. The molecular weight excluding hydrogens is 224 g/mol. The van der Waals surface area contributed by atoms with Gasteiger partial charge in [-0.1, -0.05) is 31.4 Å². The van der Waals surface area contributed by atoms with Gasteiger partial charge in [0.25, 0.3) is 0 Å². The van der Waals surface area contributed by atoms with Gasteiger partial charge < -0.3 is 4.74 Å². The maximum atomic E-state index is 11.5. The van der Waals surface area contributed by atoms with E-state index in [9.17, 15) is 4.79 Å². The fraction of sp³-hybridized carbons (Fsp3) is 0.812. The quantitative estimate of drug-likeness (QED) is 0.458. The number of hydrogen-bond donors (Lipinski definition) is 0. The van der Waals surface area contributed by atoms with Crippen LogP contribution in [0.2, 0.25) is 0 Å². The average Bonchev–Trinajstić information content (AvgIpc) is 2.33.